The first kappa shape index (κ1) is 31.8. The third-order valence-corrected chi connectivity index (χ3v) is 13.0. The number of hydrogen-bond acceptors (Lipinski definition) is 3. The minimum atomic E-state index is -0.269. The number of carbonyl (C=O) groups is 1. The minimum Gasteiger partial charge on any atom is -0.396 e. The molecule has 1 N–H and O–H groups in total. The van der Waals surface area contributed by atoms with Crippen molar-refractivity contribution in [2.75, 3.05) is 6.61 Å². The lowest BCUT2D eigenvalue weighted by Gasteiger charge is -2.61. The van der Waals surface area contributed by atoms with Crippen LogP contribution in [-0.2, 0) is 9.53 Å². The highest BCUT2D eigenvalue weighted by molar-refractivity contribution is 14.1. The van der Waals surface area contributed by atoms with Crippen molar-refractivity contribution >= 4 is 51.0 Å². The molecule has 0 aromatic carbocycles. The Labute approximate surface area is 254 Å². The largest absolute Gasteiger partial charge is 0.396 e. The highest BCUT2D eigenvalue weighted by atomic mass is 127. The van der Waals surface area contributed by atoms with Crippen molar-refractivity contribution in [1.82, 2.24) is 0 Å². The first-order valence-electron chi connectivity index (χ1n) is 14.8. The molecule has 5 heteroatoms. The topological polar surface area (TPSA) is 46.5 Å². The molecule has 6 rings (SSSR count). The van der Waals surface area contributed by atoms with E-state index in [4.69, 9.17) is 4.74 Å². The molecule has 1 heterocycles. The average Bonchev–Trinajstić information content (AvgIpc) is 3.52. The summed E-state index contributed by atoms with van der Waals surface area (Å²) in [5.74, 6) is 3.31. The molecule has 210 valence electrons. The summed E-state index contributed by atoms with van der Waals surface area (Å²) >= 11 is 5.50. The van der Waals surface area contributed by atoms with E-state index < -0.39 is 0 Å². The van der Waals surface area contributed by atoms with Crippen LogP contribution in [0.25, 0.3) is 0 Å². The molecule has 6 aliphatic rings. The molecule has 5 aliphatic carbocycles. The number of fused-ring (bicyclic) bond motifs is 9. The van der Waals surface area contributed by atoms with Crippen molar-refractivity contribution in [2.45, 2.75) is 112 Å². The Kier molecular flexibility index (Phi) is 10.3. The van der Waals surface area contributed by atoms with Crippen LogP contribution in [0.15, 0.2) is 36.0 Å². The van der Waals surface area contributed by atoms with Crippen molar-refractivity contribution in [2.24, 2.45) is 35.0 Å². The van der Waals surface area contributed by atoms with E-state index in [0.29, 0.717) is 30.1 Å². The van der Waals surface area contributed by atoms with Crippen molar-refractivity contribution in [3.8, 4) is 0 Å². The van der Waals surface area contributed by atoms with E-state index in [1.165, 1.54) is 12.0 Å². The van der Waals surface area contributed by atoms with Gasteiger partial charge in [-0.15, -0.1) is 0 Å². The van der Waals surface area contributed by atoms with Gasteiger partial charge >= 0.3 is 0 Å². The van der Waals surface area contributed by atoms with Gasteiger partial charge in [-0.2, -0.15) is 0 Å². The standard InChI is InChI=1S/C24H28I2O3.C4H10.2C2H6/c1-14-4-10-24(29-14)18-12-17(18)20-21(24,13-27)8-6-19-22(25)9-5-16(28)11-15(22)3-2-7-23(19,20)26;1-4(2)3;2*1-2/h2-4,10-11,14,17-20,27H,5-9,12-13H2,1H3;4H,1-3H3;2*1-2H3/t14?,17?,18?,19?,20?,21?,22?,23?,24-;;;/m0.../s1. The monoisotopic (exact) mass is 736 g/mol. The molecule has 0 amide bonds. The molecule has 3 saturated carbocycles. The number of alkyl halides is 2. The first-order chi connectivity index (χ1) is 17.5. The molecule has 0 bridgehead atoms. The zero-order valence-corrected chi connectivity index (χ0v) is 28.6. The third-order valence-electron chi connectivity index (χ3n) is 9.26. The molecule has 0 radical (unpaired) electrons. The van der Waals surface area contributed by atoms with Crippen LogP contribution in [0.2, 0.25) is 0 Å². The molecular weight excluding hydrogens is 686 g/mol. The first-order valence-corrected chi connectivity index (χ1v) is 17.0. The summed E-state index contributed by atoms with van der Waals surface area (Å²) in [5.41, 5.74) is 0.800. The average molecular weight is 737 g/mol. The lowest BCUT2D eigenvalue weighted by molar-refractivity contribution is -0.161. The predicted octanol–water partition coefficient (Wildman–Crippen LogP) is 8.67. The van der Waals surface area contributed by atoms with Gasteiger partial charge in [-0.05, 0) is 80.3 Å². The Balaban J connectivity index is 0.000000429. The van der Waals surface area contributed by atoms with Gasteiger partial charge in [-0.1, -0.05) is 118 Å². The van der Waals surface area contributed by atoms with E-state index >= 15 is 0 Å². The number of halogens is 2. The number of allylic oxidation sites excluding steroid dienone is 4. The van der Waals surface area contributed by atoms with E-state index in [1.54, 1.807) is 0 Å². The summed E-state index contributed by atoms with van der Waals surface area (Å²) in [5, 5.41) is 10.9. The second-order valence-electron chi connectivity index (χ2n) is 12.1. The molecule has 8 unspecified atom stereocenters. The fraction of sp³-hybridized carbons (Fsp3) is 0.781. The predicted molar refractivity (Wildman–Crippen MR) is 173 cm³/mol. The zero-order valence-electron chi connectivity index (χ0n) is 24.3. The number of aliphatic hydroxyl groups is 1. The SMILES string of the molecule is CC.CC.CC(C)C.CC1C=C[C@]2(O1)C1CC1C1C3(I)CC=CC4=CC(=O)CCC4(I)C3CCC12CO. The van der Waals surface area contributed by atoms with Gasteiger partial charge in [0, 0.05) is 15.3 Å². The maximum Gasteiger partial charge on any atom is 0.156 e. The number of aliphatic hydroxyl groups excluding tert-OH is 1. The van der Waals surface area contributed by atoms with E-state index in [2.05, 4.69) is 97.2 Å². The molecule has 3 nitrogen and oxygen atoms in total. The van der Waals surface area contributed by atoms with E-state index in [0.717, 1.165) is 31.6 Å². The fourth-order valence-corrected chi connectivity index (χ4v) is 12.4. The normalized spacial score (nSPS) is 46.0. The van der Waals surface area contributed by atoms with Crippen LogP contribution >= 0.6 is 45.2 Å². The van der Waals surface area contributed by atoms with Gasteiger partial charge in [0.15, 0.2) is 5.78 Å². The number of ketones is 1. The quantitative estimate of drug-likeness (QED) is 0.167. The van der Waals surface area contributed by atoms with Crippen LogP contribution in [0.4, 0.5) is 0 Å². The van der Waals surface area contributed by atoms with E-state index in [-0.39, 0.29) is 36.4 Å². The van der Waals surface area contributed by atoms with E-state index in [9.17, 15) is 9.90 Å². The van der Waals surface area contributed by atoms with E-state index in [1.807, 2.05) is 33.8 Å². The van der Waals surface area contributed by atoms with Crippen molar-refractivity contribution in [1.29, 1.82) is 0 Å². The maximum absolute atomic E-state index is 12.2. The van der Waals surface area contributed by atoms with Gasteiger partial charge in [0.25, 0.3) is 0 Å². The van der Waals surface area contributed by atoms with Crippen LogP contribution in [-0.4, -0.2) is 36.0 Å². The summed E-state index contributed by atoms with van der Waals surface area (Å²) in [6.07, 6.45) is 17.2. The van der Waals surface area contributed by atoms with Gasteiger partial charge in [-0.3, -0.25) is 4.79 Å². The number of ether oxygens (including phenoxy) is 1. The van der Waals surface area contributed by atoms with Gasteiger partial charge in [0.05, 0.1) is 21.7 Å². The number of rotatable bonds is 1. The van der Waals surface area contributed by atoms with Crippen LogP contribution in [0, 0.1) is 35.0 Å². The fourth-order valence-electron chi connectivity index (χ4n) is 8.20. The van der Waals surface area contributed by atoms with Crippen LogP contribution in [0.5, 0.6) is 0 Å². The number of carbonyl (C=O) groups excluding carboxylic acids is 1. The molecular formula is C32H50I2O3. The van der Waals surface area contributed by atoms with Crippen LogP contribution in [0.3, 0.4) is 0 Å². The summed E-state index contributed by atoms with van der Waals surface area (Å²) in [7, 11) is 0. The highest BCUT2D eigenvalue weighted by Crippen LogP contribution is 2.80. The smallest absolute Gasteiger partial charge is 0.156 e. The van der Waals surface area contributed by atoms with Gasteiger partial charge < -0.3 is 9.84 Å². The second-order valence-corrected chi connectivity index (χ2v) is 16.0. The summed E-state index contributed by atoms with van der Waals surface area (Å²) in [6, 6.07) is 0. The van der Waals surface area contributed by atoms with Crippen LogP contribution < -0.4 is 0 Å². The van der Waals surface area contributed by atoms with Crippen molar-refractivity contribution in [3.63, 3.8) is 0 Å². The van der Waals surface area contributed by atoms with Gasteiger partial charge in [0.2, 0.25) is 0 Å². The summed E-state index contributed by atoms with van der Waals surface area (Å²) in [6.45, 7) is 16.9. The van der Waals surface area contributed by atoms with Gasteiger partial charge in [0.1, 0.15) is 0 Å². The van der Waals surface area contributed by atoms with Crippen molar-refractivity contribution < 1.29 is 14.6 Å². The molecule has 1 spiro atoms. The molecule has 3 fully saturated rings. The Hall–Kier alpha value is 0.270. The highest BCUT2D eigenvalue weighted by Gasteiger charge is 2.81. The Bertz CT molecular complexity index is 922. The maximum atomic E-state index is 12.2. The molecule has 1 aliphatic heterocycles. The molecule has 0 aromatic heterocycles. The summed E-state index contributed by atoms with van der Waals surface area (Å²) < 4.78 is 6.80. The lowest BCUT2D eigenvalue weighted by atomic mass is 9.51. The van der Waals surface area contributed by atoms with Crippen molar-refractivity contribution in [3.05, 3.63) is 36.0 Å². The molecule has 37 heavy (non-hydrogen) atoms. The minimum absolute atomic E-state index is 0.0290. The molecule has 9 atom stereocenters. The lowest BCUT2D eigenvalue weighted by Crippen LogP contribution is -2.64. The van der Waals surface area contributed by atoms with Crippen LogP contribution in [0.1, 0.15) is 93.9 Å². The molecule has 0 saturated heterocycles. The number of hydrogen-bond donors (Lipinski definition) is 1. The van der Waals surface area contributed by atoms with Gasteiger partial charge in [-0.25, -0.2) is 0 Å². The summed E-state index contributed by atoms with van der Waals surface area (Å²) in [4.78, 5) is 12.2. The molecule has 0 aromatic rings. The second kappa shape index (κ2) is 12.0. The third kappa shape index (κ3) is 5.00. The Morgan fingerprint density at radius 2 is 1.78 bits per heavy atom. The Morgan fingerprint density at radius 3 is 2.35 bits per heavy atom. The Morgan fingerprint density at radius 1 is 1.14 bits per heavy atom. The zero-order chi connectivity index (χ0) is 27.8.